The van der Waals surface area contributed by atoms with Gasteiger partial charge in [-0.2, -0.15) is 0 Å². The zero-order valence-electron chi connectivity index (χ0n) is 16.9. The second-order valence-corrected chi connectivity index (χ2v) is 7.54. The monoisotopic (exact) mass is 414 g/mol. The van der Waals surface area contributed by atoms with Gasteiger partial charge < -0.3 is 31.5 Å². The number of carbonyl (C=O) groups excluding carboxylic acids is 3. The third-order valence-corrected chi connectivity index (χ3v) is 4.74. The van der Waals surface area contributed by atoms with Crippen molar-refractivity contribution in [3.05, 3.63) is 0 Å². The van der Waals surface area contributed by atoms with Crippen molar-refractivity contribution in [1.29, 1.82) is 0 Å². The lowest BCUT2D eigenvalue weighted by Gasteiger charge is -2.29. The Morgan fingerprint density at radius 2 is 1.72 bits per heavy atom. The zero-order chi connectivity index (χ0) is 22.3. The van der Waals surface area contributed by atoms with E-state index in [9.17, 15) is 29.1 Å². The maximum Gasteiger partial charge on any atom is 0.326 e. The summed E-state index contributed by atoms with van der Waals surface area (Å²) in [5, 5.41) is 22.8. The first-order chi connectivity index (χ1) is 13.5. The Balaban J connectivity index is 2.84. The number of hydrogen-bond donors (Lipinski definition) is 5. The van der Waals surface area contributed by atoms with Crippen molar-refractivity contribution in [2.45, 2.75) is 70.6 Å². The lowest BCUT2D eigenvalue weighted by Crippen LogP contribution is -2.57. The van der Waals surface area contributed by atoms with Crippen LogP contribution in [0.3, 0.4) is 0 Å². The molecule has 0 aromatic carbocycles. The van der Waals surface area contributed by atoms with Crippen LogP contribution >= 0.6 is 0 Å². The van der Waals surface area contributed by atoms with Gasteiger partial charge in [0.15, 0.2) is 0 Å². The van der Waals surface area contributed by atoms with E-state index < -0.39 is 54.3 Å². The lowest BCUT2D eigenvalue weighted by atomic mass is 10.0. The summed E-state index contributed by atoms with van der Waals surface area (Å²) >= 11 is 0. The molecule has 3 amide bonds. The molecule has 11 heteroatoms. The predicted octanol–water partition coefficient (Wildman–Crippen LogP) is -1.10. The van der Waals surface area contributed by atoms with E-state index >= 15 is 0 Å². The lowest BCUT2D eigenvalue weighted by molar-refractivity contribution is -0.144. The first kappa shape index (κ1) is 24.3. The molecule has 0 bridgehead atoms. The normalized spacial score (nSPS) is 19.3. The van der Waals surface area contributed by atoms with Crippen molar-refractivity contribution in [3.8, 4) is 0 Å². The number of aliphatic carboxylic acids is 2. The molecule has 1 fully saturated rings. The van der Waals surface area contributed by atoms with Crippen LogP contribution in [0.2, 0.25) is 0 Å². The van der Waals surface area contributed by atoms with Crippen LogP contribution in [0.1, 0.15) is 46.5 Å². The summed E-state index contributed by atoms with van der Waals surface area (Å²) in [4.78, 5) is 60.9. The van der Waals surface area contributed by atoms with Crippen molar-refractivity contribution in [1.82, 2.24) is 15.5 Å². The van der Waals surface area contributed by atoms with Crippen molar-refractivity contribution >= 4 is 29.7 Å². The molecule has 1 saturated heterocycles. The Morgan fingerprint density at radius 1 is 1.10 bits per heavy atom. The zero-order valence-corrected chi connectivity index (χ0v) is 16.9. The van der Waals surface area contributed by atoms with E-state index in [2.05, 4.69) is 10.6 Å². The summed E-state index contributed by atoms with van der Waals surface area (Å²) < 4.78 is 0. The second kappa shape index (κ2) is 10.7. The summed E-state index contributed by atoms with van der Waals surface area (Å²) in [7, 11) is 0. The molecule has 1 rings (SSSR count). The maximum atomic E-state index is 12.7. The highest BCUT2D eigenvalue weighted by atomic mass is 16.4. The van der Waals surface area contributed by atoms with Gasteiger partial charge in [0.05, 0.1) is 6.04 Å². The van der Waals surface area contributed by atoms with Crippen LogP contribution in [0.4, 0.5) is 0 Å². The number of carboxylic acids is 2. The summed E-state index contributed by atoms with van der Waals surface area (Å²) in [5.41, 5.74) is 5.62. The second-order valence-electron chi connectivity index (χ2n) is 7.54. The number of carboxylic acid groups (broad SMARTS) is 2. The van der Waals surface area contributed by atoms with E-state index in [1.54, 1.807) is 13.8 Å². The molecule has 0 spiro atoms. The van der Waals surface area contributed by atoms with Gasteiger partial charge in [0.25, 0.3) is 0 Å². The van der Waals surface area contributed by atoms with Crippen LogP contribution in [-0.2, 0) is 24.0 Å². The molecule has 4 unspecified atom stereocenters. The largest absolute Gasteiger partial charge is 0.481 e. The van der Waals surface area contributed by atoms with Crippen LogP contribution in [-0.4, -0.2) is 75.5 Å². The molecular weight excluding hydrogens is 384 g/mol. The Hall–Kier alpha value is -2.69. The standard InChI is InChI=1S/C18H30N4O7/c1-9(2)14(16(26)20-11(18(28)29)6-7-13(23)24)21-15(25)12-5-4-8-22(12)17(27)10(3)19/h9-12,14H,4-8,19H2,1-3H3,(H,20,26)(H,21,25)(H,23,24)(H,28,29). The molecule has 1 aliphatic heterocycles. The molecule has 0 aromatic rings. The fraction of sp³-hybridized carbons (Fsp3) is 0.722. The molecule has 0 aliphatic carbocycles. The number of likely N-dealkylation sites (tertiary alicyclic amines) is 1. The molecule has 29 heavy (non-hydrogen) atoms. The highest BCUT2D eigenvalue weighted by Gasteiger charge is 2.37. The average Bonchev–Trinajstić information content (AvgIpc) is 3.10. The fourth-order valence-electron chi connectivity index (χ4n) is 3.14. The van der Waals surface area contributed by atoms with E-state index in [1.165, 1.54) is 11.8 Å². The van der Waals surface area contributed by atoms with Crippen molar-refractivity contribution in [2.75, 3.05) is 6.54 Å². The molecule has 0 aromatic heterocycles. The number of nitrogens with two attached hydrogens (primary N) is 1. The van der Waals surface area contributed by atoms with Gasteiger partial charge >= 0.3 is 11.9 Å². The summed E-state index contributed by atoms with van der Waals surface area (Å²) in [6, 6.07) is -3.93. The van der Waals surface area contributed by atoms with Gasteiger partial charge in [-0.25, -0.2) is 4.79 Å². The molecule has 164 valence electrons. The van der Waals surface area contributed by atoms with Gasteiger partial charge in [0.1, 0.15) is 18.1 Å². The number of nitrogens with one attached hydrogen (secondary N) is 2. The molecular formula is C18H30N4O7. The Labute approximate surface area is 169 Å². The number of hydrogen-bond acceptors (Lipinski definition) is 6. The SMILES string of the molecule is CC(N)C(=O)N1CCCC1C(=O)NC(C(=O)NC(CCC(=O)O)C(=O)O)C(C)C. The van der Waals surface area contributed by atoms with Gasteiger partial charge in [-0.3, -0.25) is 19.2 Å². The molecule has 0 radical (unpaired) electrons. The predicted molar refractivity (Wildman–Crippen MR) is 102 cm³/mol. The quantitative estimate of drug-likeness (QED) is 0.299. The number of amides is 3. The average molecular weight is 414 g/mol. The number of carbonyl (C=O) groups is 5. The van der Waals surface area contributed by atoms with Crippen LogP contribution in [0.25, 0.3) is 0 Å². The smallest absolute Gasteiger partial charge is 0.326 e. The molecule has 0 saturated carbocycles. The van der Waals surface area contributed by atoms with Gasteiger partial charge in [0.2, 0.25) is 17.7 Å². The summed E-state index contributed by atoms with van der Waals surface area (Å²) in [6.07, 6.45) is 0.360. The third-order valence-electron chi connectivity index (χ3n) is 4.74. The Morgan fingerprint density at radius 3 is 2.21 bits per heavy atom. The van der Waals surface area contributed by atoms with Crippen LogP contribution in [0, 0.1) is 5.92 Å². The van der Waals surface area contributed by atoms with Crippen molar-refractivity contribution in [2.24, 2.45) is 11.7 Å². The van der Waals surface area contributed by atoms with Gasteiger partial charge in [-0.15, -0.1) is 0 Å². The van der Waals surface area contributed by atoms with E-state index in [-0.39, 0.29) is 18.2 Å². The topological polar surface area (TPSA) is 179 Å². The van der Waals surface area contributed by atoms with Gasteiger partial charge in [-0.05, 0) is 32.1 Å². The molecule has 1 heterocycles. The minimum absolute atomic E-state index is 0.283. The van der Waals surface area contributed by atoms with Crippen molar-refractivity contribution < 1.29 is 34.2 Å². The van der Waals surface area contributed by atoms with Crippen molar-refractivity contribution in [3.63, 3.8) is 0 Å². The molecule has 11 nitrogen and oxygen atoms in total. The first-order valence-corrected chi connectivity index (χ1v) is 9.57. The van der Waals surface area contributed by atoms with E-state index in [1.807, 2.05) is 0 Å². The third kappa shape index (κ3) is 7.00. The summed E-state index contributed by atoms with van der Waals surface area (Å²) in [6.45, 7) is 5.28. The van der Waals surface area contributed by atoms with Crippen LogP contribution < -0.4 is 16.4 Å². The molecule has 6 N–H and O–H groups in total. The molecule has 4 atom stereocenters. The number of nitrogens with zero attached hydrogens (tertiary/aromatic N) is 1. The Bertz CT molecular complexity index is 650. The van der Waals surface area contributed by atoms with E-state index in [0.717, 1.165) is 0 Å². The van der Waals surface area contributed by atoms with Gasteiger partial charge in [-0.1, -0.05) is 13.8 Å². The van der Waals surface area contributed by atoms with Gasteiger partial charge in [0, 0.05) is 13.0 Å². The Kier molecular flexibility index (Phi) is 9.02. The minimum atomic E-state index is -1.39. The minimum Gasteiger partial charge on any atom is -0.481 e. The highest BCUT2D eigenvalue weighted by Crippen LogP contribution is 2.19. The first-order valence-electron chi connectivity index (χ1n) is 9.57. The number of rotatable bonds is 10. The van der Waals surface area contributed by atoms with Crippen LogP contribution in [0.15, 0.2) is 0 Å². The summed E-state index contributed by atoms with van der Waals surface area (Å²) in [5.74, 6) is -4.51. The van der Waals surface area contributed by atoms with Crippen LogP contribution in [0.5, 0.6) is 0 Å². The molecule has 1 aliphatic rings. The maximum absolute atomic E-state index is 12.7. The van der Waals surface area contributed by atoms with E-state index in [0.29, 0.717) is 19.4 Å². The highest BCUT2D eigenvalue weighted by molar-refractivity contribution is 5.94. The fourth-order valence-corrected chi connectivity index (χ4v) is 3.14. The van der Waals surface area contributed by atoms with E-state index in [4.69, 9.17) is 10.8 Å².